The number of carbonyl (C=O) groups excluding carboxylic acids is 1. The number of carbonyl (C=O) groups is 1. The summed E-state index contributed by atoms with van der Waals surface area (Å²) in [5, 5.41) is 3.94. The van der Waals surface area contributed by atoms with Crippen LogP contribution in [0, 0.1) is 5.82 Å². The van der Waals surface area contributed by atoms with E-state index in [1.54, 1.807) is 12.1 Å². The molecule has 0 atom stereocenters. The molecule has 3 nitrogen and oxygen atoms in total. The van der Waals surface area contributed by atoms with Crippen molar-refractivity contribution in [1.29, 1.82) is 0 Å². The van der Waals surface area contributed by atoms with E-state index in [9.17, 15) is 9.18 Å². The number of hydrogen-bond acceptors (Lipinski definition) is 2. The molecule has 0 heterocycles. The maximum atomic E-state index is 12.9. The molecule has 1 N–H and O–H groups in total. The lowest BCUT2D eigenvalue weighted by Gasteiger charge is -2.09. The summed E-state index contributed by atoms with van der Waals surface area (Å²) in [7, 11) is 0. The summed E-state index contributed by atoms with van der Waals surface area (Å²) in [5.74, 6) is -0.522. The Morgan fingerprint density at radius 1 is 1.09 bits per heavy atom. The van der Waals surface area contributed by atoms with E-state index in [1.165, 1.54) is 12.1 Å². The molecule has 0 spiro atoms. The maximum absolute atomic E-state index is 12.9. The second-order valence-electron chi connectivity index (χ2n) is 4.70. The van der Waals surface area contributed by atoms with Crippen LogP contribution < -0.4 is 10.1 Å². The molecule has 2 aromatic rings. The highest BCUT2D eigenvalue weighted by molar-refractivity contribution is 6.35. The highest BCUT2D eigenvalue weighted by atomic mass is 35.5. The summed E-state index contributed by atoms with van der Waals surface area (Å²) in [6, 6.07) is 8.91. The van der Waals surface area contributed by atoms with Gasteiger partial charge in [0.25, 0.3) is 5.91 Å². The molecule has 1 amide bonds. The van der Waals surface area contributed by atoms with Gasteiger partial charge in [-0.25, -0.2) is 4.39 Å². The van der Waals surface area contributed by atoms with Crippen LogP contribution in [0.2, 0.25) is 15.1 Å². The monoisotopic (exact) mass is 375 g/mol. The van der Waals surface area contributed by atoms with E-state index in [1.807, 2.05) is 6.07 Å². The van der Waals surface area contributed by atoms with Crippen LogP contribution in [0.3, 0.4) is 0 Å². The maximum Gasteiger partial charge on any atom is 0.257 e. The number of amides is 1. The van der Waals surface area contributed by atoms with Crippen LogP contribution in [0.4, 0.5) is 4.39 Å². The van der Waals surface area contributed by atoms with Crippen molar-refractivity contribution in [1.82, 2.24) is 5.32 Å². The average Bonchev–Trinajstić information content (AvgIpc) is 2.48. The topological polar surface area (TPSA) is 38.3 Å². The van der Waals surface area contributed by atoms with E-state index in [4.69, 9.17) is 39.5 Å². The first-order chi connectivity index (χ1) is 11.0. The number of benzene rings is 2. The zero-order chi connectivity index (χ0) is 16.8. The average molecular weight is 377 g/mol. The highest BCUT2D eigenvalue weighted by Crippen LogP contribution is 2.24. The van der Waals surface area contributed by atoms with E-state index in [-0.39, 0.29) is 23.3 Å². The third-order valence-corrected chi connectivity index (χ3v) is 3.87. The zero-order valence-electron chi connectivity index (χ0n) is 11.9. The van der Waals surface area contributed by atoms with Gasteiger partial charge in [-0.3, -0.25) is 4.79 Å². The van der Waals surface area contributed by atoms with Crippen molar-refractivity contribution in [2.24, 2.45) is 0 Å². The first-order valence-electron chi connectivity index (χ1n) is 6.74. The summed E-state index contributed by atoms with van der Waals surface area (Å²) in [6.07, 6.45) is 0.568. The van der Waals surface area contributed by atoms with Gasteiger partial charge in [0.05, 0.1) is 5.02 Å². The quantitative estimate of drug-likeness (QED) is 0.805. The Balaban J connectivity index is 1.77. The smallest absolute Gasteiger partial charge is 0.257 e. The normalized spacial score (nSPS) is 10.4. The number of ether oxygens (including phenoxy) is 1. The number of halogens is 4. The first kappa shape index (κ1) is 17.9. The summed E-state index contributed by atoms with van der Waals surface area (Å²) < 4.78 is 18.1. The van der Waals surface area contributed by atoms with Crippen LogP contribution >= 0.6 is 34.8 Å². The predicted molar refractivity (Wildman–Crippen MR) is 90.1 cm³/mol. The Morgan fingerprint density at radius 3 is 2.57 bits per heavy atom. The molecular formula is C16H13Cl3FNO2. The lowest BCUT2D eigenvalue weighted by atomic mass is 10.1. The number of rotatable bonds is 6. The van der Waals surface area contributed by atoms with Crippen LogP contribution in [0.1, 0.15) is 5.56 Å². The molecule has 23 heavy (non-hydrogen) atoms. The van der Waals surface area contributed by atoms with Crippen LogP contribution in [0.15, 0.2) is 36.4 Å². The largest absolute Gasteiger partial charge is 0.482 e. The minimum atomic E-state index is -0.466. The second-order valence-corrected chi connectivity index (χ2v) is 5.95. The highest BCUT2D eigenvalue weighted by Gasteiger charge is 2.07. The molecule has 0 aliphatic heterocycles. The fourth-order valence-corrected chi connectivity index (χ4v) is 2.57. The summed E-state index contributed by atoms with van der Waals surface area (Å²) >= 11 is 17.7. The molecule has 0 radical (unpaired) electrons. The van der Waals surface area contributed by atoms with Gasteiger partial charge < -0.3 is 10.1 Å². The summed E-state index contributed by atoms with van der Waals surface area (Å²) in [5.41, 5.74) is 0.888. The fourth-order valence-electron chi connectivity index (χ4n) is 1.85. The van der Waals surface area contributed by atoms with Crippen molar-refractivity contribution >= 4 is 40.7 Å². The van der Waals surface area contributed by atoms with Gasteiger partial charge in [0.1, 0.15) is 11.6 Å². The van der Waals surface area contributed by atoms with Gasteiger partial charge >= 0.3 is 0 Å². The van der Waals surface area contributed by atoms with Crippen molar-refractivity contribution in [3.63, 3.8) is 0 Å². The Morgan fingerprint density at radius 2 is 1.87 bits per heavy atom. The van der Waals surface area contributed by atoms with E-state index in [2.05, 4.69) is 5.32 Å². The molecule has 0 bridgehead atoms. The molecule has 0 aliphatic carbocycles. The number of nitrogens with one attached hydrogen (secondary N) is 1. The van der Waals surface area contributed by atoms with Gasteiger partial charge in [0.15, 0.2) is 6.61 Å². The molecule has 7 heteroatoms. The van der Waals surface area contributed by atoms with Gasteiger partial charge in [-0.1, -0.05) is 40.9 Å². The van der Waals surface area contributed by atoms with Crippen LogP contribution in [-0.2, 0) is 11.2 Å². The van der Waals surface area contributed by atoms with Crippen molar-refractivity contribution in [3.8, 4) is 5.75 Å². The van der Waals surface area contributed by atoms with Gasteiger partial charge in [-0.2, -0.15) is 0 Å². The van der Waals surface area contributed by atoms with Crippen LogP contribution in [0.5, 0.6) is 5.75 Å². The standard InChI is InChI=1S/C16H13Cl3FNO2/c17-11-2-1-10(13(18)7-11)5-6-21-16(22)9-23-15-4-3-12(20)8-14(15)19/h1-4,7-8H,5-6,9H2,(H,21,22). The molecule has 2 aromatic carbocycles. The zero-order valence-corrected chi connectivity index (χ0v) is 14.2. The van der Waals surface area contributed by atoms with Crippen LogP contribution in [0.25, 0.3) is 0 Å². The molecular weight excluding hydrogens is 364 g/mol. The SMILES string of the molecule is O=C(COc1ccc(F)cc1Cl)NCCc1ccc(Cl)cc1Cl. The van der Waals surface area contributed by atoms with Crippen LogP contribution in [-0.4, -0.2) is 19.1 Å². The first-order valence-corrected chi connectivity index (χ1v) is 7.87. The van der Waals surface area contributed by atoms with Gasteiger partial charge in [0, 0.05) is 16.6 Å². The minimum absolute atomic E-state index is 0.116. The lowest BCUT2D eigenvalue weighted by Crippen LogP contribution is -2.30. The van der Waals surface area contributed by atoms with E-state index >= 15 is 0 Å². The molecule has 0 fully saturated rings. The van der Waals surface area contributed by atoms with E-state index in [0.29, 0.717) is 23.0 Å². The van der Waals surface area contributed by atoms with E-state index < -0.39 is 5.82 Å². The Bertz CT molecular complexity index is 710. The van der Waals surface area contributed by atoms with Gasteiger partial charge in [0.2, 0.25) is 0 Å². The summed E-state index contributed by atoms with van der Waals surface area (Å²) in [6.45, 7) is 0.195. The third-order valence-electron chi connectivity index (χ3n) is 2.98. The molecule has 0 saturated carbocycles. The Kier molecular flexibility index (Phi) is 6.51. The van der Waals surface area contributed by atoms with Crippen molar-refractivity contribution in [2.75, 3.05) is 13.2 Å². The predicted octanol–water partition coefficient (Wildman–Crippen LogP) is 4.52. The molecule has 2 rings (SSSR count). The summed E-state index contributed by atoms with van der Waals surface area (Å²) in [4.78, 5) is 11.7. The third kappa shape index (κ3) is 5.57. The molecule has 0 aliphatic rings. The second kappa shape index (κ2) is 8.39. The Hall–Kier alpha value is -1.49. The lowest BCUT2D eigenvalue weighted by molar-refractivity contribution is -0.123. The van der Waals surface area contributed by atoms with Crippen molar-refractivity contribution in [2.45, 2.75) is 6.42 Å². The van der Waals surface area contributed by atoms with Crippen molar-refractivity contribution in [3.05, 3.63) is 62.8 Å². The minimum Gasteiger partial charge on any atom is -0.482 e. The molecule has 0 unspecified atom stereocenters. The molecule has 0 aromatic heterocycles. The van der Waals surface area contributed by atoms with Crippen molar-refractivity contribution < 1.29 is 13.9 Å². The fraction of sp³-hybridized carbons (Fsp3) is 0.188. The molecule has 0 saturated heterocycles. The van der Waals surface area contributed by atoms with Gasteiger partial charge in [-0.05, 0) is 42.3 Å². The molecule has 122 valence electrons. The van der Waals surface area contributed by atoms with E-state index in [0.717, 1.165) is 11.6 Å². The number of hydrogen-bond donors (Lipinski definition) is 1. The van der Waals surface area contributed by atoms with Gasteiger partial charge in [-0.15, -0.1) is 0 Å². The Labute approximate surface area is 148 Å².